The lowest BCUT2D eigenvalue weighted by atomic mass is 9.78. The van der Waals surface area contributed by atoms with Gasteiger partial charge in [0.15, 0.2) is 0 Å². The molecule has 1 atom stereocenters. The lowest BCUT2D eigenvalue weighted by Gasteiger charge is -2.42. The molecule has 0 aliphatic carbocycles. The average molecular weight is 394 g/mol. The highest BCUT2D eigenvalue weighted by atomic mass is 16.5. The number of ether oxygens (including phenoxy) is 1. The van der Waals surface area contributed by atoms with Gasteiger partial charge in [0.05, 0.1) is 6.04 Å². The molecule has 0 radical (unpaired) electrons. The van der Waals surface area contributed by atoms with Crippen molar-refractivity contribution < 1.29 is 9.53 Å². The van der Waals surface area contributed by atoms with Gasteiger partial charge in [0.1, 0.15) is 0 Å². The first kappa shape index (κ1) is 20.0. The van der Waals surface area contributed by atoms with Crippen LogP contribution in [0.5, 0.6) is 0 Å². The summed E-state index contributed by atoms with van der Waals surface area (Å²) < 4.78 is 5.30. The van der Waals surface area contributed by atoms with Crippen molar-refractivity contribution in [1.29, 1.82) is 0 Å². The molecule has 1 N–H and O–H groups in total. The Bertz CT molecular complexity index is 831. The minimum atomic E-state index is -0.0289. The van der Waals surface area contributed by atoms with E-state index in [0.717, 1.165) is 38.0 Å². The molecule has 1 amide bonds. The highest BCUT2D eigenvalue weighted by molar-refractivity contribution is 5.95. The zero-order chi connectivity index (χ0) is 20.3. The maximum atomic E-state index is 13.3. The quantitative estimate of drug-likeness (QED) is 0.691. The van der Waals surface area contributed by atoms with Gasteiger partial charge in [-0.25, -0.2) is 0 Å². The number of carbonyl (C=O) groups excluding carboxylic acids is 1. The maximum Gasteiger partial charge on any atom is 0.252 e. The van der Waals surface area contributed by atoms with E-state index < -0.39 is 0 Å². The summed E-state index contributed by atoms with van der Waals surface area (Å²) >= 11 is 0. The molecular weight excluding hydrogens is 362 g/mol. The highest BCUT2D eigenvalue weighted by Gasteiger charge is 2.56. The second-order valence-corrected chi connectivity index (χ2v) is 8.38. The normalized spacial score (nSPS) is 24.6. The molecule has 2 bridgehead atoms. The van der Waals surface area contributed by atoms with Crippen LogP contribution in [-0.2, 0) is 4.74 Å². The van der Waals surface area contributed by atoms with Crippen LogP contribution in [-0.4, -0.2) is 47.6 Å². The van der Waals surface area contributed by atoms with Crippen LogP contribution < -0.4 is 5.32 Å². The molecule has 1 aromatic carbocycles. The molecule has 5 nitrogen and oxygen atoms in total. The molecule has 1 unspecified atom stereocenters. The average Bonchev–Trinajstić information content (AvgIpc) is 3.28. The van der Waals surface area contributed by atoms with Crippen molar-refractivity contribution in [2.24, 2.45) is 0 Å². The van der Waals surface area contributed by atoms with Crippen LogP contribution in [0.25, 0.3) is 0 Å². The van der Waals surface area contributed by atoms with Gasteiger partial charge in [-0.05, 0) is 56.2 Å². The number of aryl methyl sites for hydroxylation is 1. The maximum absolute atomic E-state index is 13.3. The summed E-state index contributed by atoms with van der Waals surface area (Å²) in [5, 5.41) is 3.43. The molecule has 29 heavy (non-hydrogen) atoms. The number of nitrogens with zero attached hydrogens (tertiary/aromatic N) is 2. The number of rotatable bonds is 8. The van der Waals surface area contributed by atoms with Crippen LogP contribution in [0.1, 0.15) is 59.6 Å². The first-order valence-electron chi connectivity index (χ1n) is 10.7. The summed E-state index contributed by atoms with van der Waals surface area (Å²) in [6.45, 7) is 3.74. The molecule has 2 fully saturated rings. The van der Waals surface area contributed by atoms with Crippen LogP contribution in [0.2, 0.25) is 0 Å². The van der Waals surface area contributed by atoms with Crippen molar-refractivity contribution in [3.63, 3.8) is 0 Å². The molecule has 3 heterocycles. The monoisotopic (exact) mass is 393 g/mol. The molecule has 0 saturated carbocycles. The van der Waals surface area contributed by atoms with Gasteiger partial charge in [-0.3, -0.25) is 14.7 Å². The molecule has 1 aromatic heterocycles. The number of methoxy groups -OCH3 is 1. The predicted octanol–water partition coefficient (Wildman–Crippen LogP) is 3.89. The van der Waals surface area contributed by atoms with Crippen molar-refractivity contribution in [3.8, 4) is 0 Å². The zero-order valence-electron chi connectivity index (χ0n) is 17.4. The lowest BCUT2D eigenvalue weighted by Crippen LogP contribution is -2.52. The van der Waals surface area contributed by atoms with Gasteiger partial charge in [-0.2, -0.15) is 0 Å². The fraction of sp³-hybridized carbons (Fsp3) is 0.500. The Labute approximate surface area is 173 Å². The van der Waals surface area contributed by atoms with Gasteiger partial charge in [-0.1, -0.05) is 30.3 Å². The molecule has 2 aliphatic heterocycles. The van der Waals surface area contributed by atoms with E-state index in [1.165, 1.54) is 18.4 Å². The minimum Gasteiger partial charge on any atom is -0.385 e. The van der Waals surface area contributed by atoms with Crippen molar-refractivity contribution in [3.05, 3.63) is 65.5 Å². The summed E-state index contributed by atoms with van der Waals surface area (Å²) in [4.78, 5) is 20.1. The van der Waals surface area contributed by atoms with Gasteiger partial charge in [0.25, 0.3) is 5.91 Å². The first-order valence-corrected chi connectivity index (χ1v) is 10.7. The largest absolute Gasteiger partial charge is 0.385 e. The molecule has 2 aromatic rings. The summed E-state index contributed by atoms with van der Waals surface area (Å²) in [7, 11) is 1.76. The summed E-state index contributed by atoms with van der Waals surface area (Å²) in [5.74, 6) is -0.0136. The number of fused-ring (bicyclic) bond motifs is 2. The smallest absolute Gasteiger partial charge is 0.252 e. The van der Waals surface area contributed by atoms with Crippen LogP contribution >= 0.6 is 0 Å². The van der Waals surface area contributed by atoms with E-state index in [1.807, 2.05) is 19.1 Å². The molecular formula is C24H31N3O2. The Morgan fingerprint density at radius 2 is 2.03 bits per heavy atom. The van der Waals surface area contributed by atoms with E-state index in [4.69, 9.17) is 4.74 Å². The number of aromatic nitrogens is 1. The van der Waals surface area contributed by atoms with E-state index in [9.17, 15) is 4.79 Å². The summed E-state index contributed by atoms with van der Waals surface area (Å²) in [5.41, 5.74) is 2.78. The standard InChI is InChI=1S/C24H31N3O2/c1-18-17-25-14-11-21(18)23(28)26-22(19-7-4-3-5-8-19)24-12-9-20(10-13-24)27(24)15-6-16-29-2/h3-5,7-8,11,14,17,20,22H,6,9-10,12-13,15-16H2,1-2H3,(H,26,28). The number of carbonyl (C=O) groups is 1. The third-order valence-corrected chi connectivity index (χ3v) is 6.79. The van der Waals surface area contributed by atoms with Gasteiger partial charge in [-0.15, -0.1) is 0 Å². The molecule has 2 aliphatic rings. The fourth-order valence-electron chi connectivity index (χ4n) is 5.41. The summed E-state index contributed by atoms with van der Waals surface area (Å²) in [6, 6.07) is 12.9. The Balaban J connectivity index is 1.66. The summed E-state index contributed by atoms with van der Waals surface area (Å²) in [6.07, 6.45) is 9.13. The Morgan fingerprint density at radius 3 is 2.72 bits per heavy atom. The van der Waals surface area contributed by atoms with Crippen molar-refractivity contribution in [1.82, 2.24) is 15.2 Å². The van der Waals surface area contributed by atoms with Crippen LogP contribution in [0, 0.1) is 6.92 Å². The number of nitrogens with one attached hydrogen (secondary N) is 1. The Morgan fingerprint density at radius 1 is 1.28 bits per heavy atom. The van der Waals surface area contributed by atoms with Gasteiger partial charge in [0.2, 0.25) is 0 Å². The molecule has 0 spiro atoms. The first-order chi connectivity index (χ1) is 14.2. The Kier molecular flexibility index (Phi) is 5.97. The van der Waals surface area contributed by atoms with Gasteiger partial charge < -0.3 is 10.1 Å². The second kappa shape index (κ2) is 8.64. The fourth-order valence-corrected chi connectivity index (χ4v) is 5.41. The Hall–Kier alpha value is -2.24. The second-order valence-electron chi connectivity index (χ2n) is 8.38. The molecule has 154 valence electrons. The third kappa shape index (κ3) is 3.81. The molecule has 5 heteroatoms. The van der Waals surface area contributed by atoms with Crippen LogP contribution in [0.3, 0.4) is 0 Å². The molecule has 4 rings (SSSR count). The SMILES string of the molecule is COCCCN1C2CCC1(C(NC(=O)c1ccncc1C)c1ccccc1)CC2. The predicted molar refractivity (Wildman–Crippen MR) is 114 cm³/mol. The lowest BCUT2D eigenvalue weighted by molar-refractivity contribution is 0.0740. The van der Waals surface area contributed by atoms with E-state index >= 15 is 0 Å². The van der Waals surface area contributed by atoms with Crippen LogP contribution in [0.4, 0.5) is 0 Å². The van der Waals surface area contributed by atoms with E-state index in [2.05, 4.69) is 39.5 Å². The van der Waals surface area contributed by atoms with Crippen molar-refractivity contribution in [2.75, 3.05) is 20.3 Å². The number of hydrogen-bond acceptors (Lipinski definition) is 4. The van der Waals surface area contributed by atoms with Gasteiger partial charge >= 0.3 is 0 Å². The van der Waals surface area contributed by atoms with E-state index in [0.29, 0.717) is 11.6 Å². The number of pyridine rings is 1. The number of benzene rings is 1. The number of hydrogen-bond donors (Lipinski definition) is 1. The van der Waals surface area contributed by atoms with Crippen molar-refractivity contribution >= 4 is 5.91 Å². The molecule has 2 saturated heterocycles. The van der Waals surface area contributed by atoms with Gasteiger partial charge in [0, 0.05) is 49.8 Å². The highest BCUT2D eigenvalue weighted by Crippen LogP contribution is 2.52. The van der Waals surface area contributed by atoms with Crippen LogP contribution in [0.15, 0.2) is 48.8 Å². The topological polar surface area (TPSA) is 54.5 Å². The van der Waals surface area contributed by atoms with E-state index in [1.54, 1.807) is 19.5 Å². The minimum absolute atomic E-state index is 0.0136. The third-order valence-electron chi connectivity index (χ3n) is 6.79. The number of amides is 1. The van der Waals surface area contributed by atoms with Crippen molar-refractivity contribution in [2.45, 2.75) is 56.7 Å². The van der Waals surface area contributed by atoms with E-state index in [-0.39, 0.29) is 17.5 Å². The zero-order valence-corrected chi connectivity index (χ0v) is 17.4.